The van der Waals surface area contributed by atoms with Gasteiger partial charge >= 0.3 is 0 Å². The Morgan fingerprint density at radius 3 is 2.46 bits per heavy atom. The third-order valence-electron chi connectivity index (χ3n) is 4.55. The zero-order chi connectivity index (χ0) is 18.4. The Balaban J connectivity index is 1.57. The van der Waals surface area contributed by atoms with E-state index in [-0.39, 0.29) is 11.8 Å². The third kappa shape index (κ3) is 4.45. The van der Waals surface area contributed by atoms with E-state index in [0.717, 1.165) is 17.9 Å². The van der Waals surface area contributed by atoms with Gasteiger partial charge in [0.1, 0.15) is 5.75 Å². The second-order valence-corrected chi connectivity index (χ2v) is 6.36. The number of rotatable bonds is 5. The number of carbonyl (C=O) groups is 2. The van der Waals surface area contributed by atoms with Gasteiger partial charge in [-0.3, -0.25) is 9.59 Å². The van der Waals surface area contributed by atoms with E-state index in [2.05, 4.69) is 4.98 Å². The molecule has 1 aliphatic heterocycles. The second kappa shape index (κ2) is 8.56. The molecule has 1 aromatic carbocycles. The molecular weight excluding hydrogens is 330 g/mol. The number of ether oxygens (including phenoxy) is 1. The highest BCUT2D eigenvalue weighted by atomic mass is 16.5. The monoisotopic (exact) mass is 355 g/mol. The second-order valence-electron chi connectivity index (χ2n) is 6.36. The lowest BCUT2D eigenvalue weighted by molar-refractivity contribution is -0.130. The van der Waals surface area contributed by atoms with Crippen LogP contribution in [0.1, 0.15) is 29.4 Å². The van der Waals surface area contributed by atoms with Gasteiger partial charge < -0.3 is 19.5 Å². The van der Waals surface area contributed by atoms with Crippen molar-refractivity contribution in [1.82, 2.24) is 14.8 Å². The molecule has 0 saturated carbocycles. The summed E-state index contributed by atoms with van der Waals surface area (Å²) in [5, 5.41) is 0. The van der Waals surface area contributed by atoms with Crippen LogP contribution in [0.25, 0.3) is 0 Å². The van der Waals surface area contributed by atoms with Crippen LogP contribution in [0.3, 0.4) is 0 Å². The van der Waals surface area contributed by atoms with Crippen LogP contribution in [-0.2, 0) is 11.2 Å². The van der Waals surface area contributed by atoms with Gasteiger partial charge in [0.2, 0.25) is 5.91 Å². The van der Waals surface area contributed by atoms with E-state index in [9.17, 15) is 9.59 Å². The van der Waals surface area contributed by atoms with Crippen molar-refractivity contribution in [3.63, 3.8) is 0 Å². The molecule has 0 radical (unpaired) electrons. The van der Waals surface area contributed by atoms with Crippen LogP contribution < -0.4 is 4.74 Å². The van der Waals surface area contributed by atoms with Gasteiger partial charge in [-0.1, -0.05) is 0 Å². The average Bonchev–Trinajstić information content (AvgIpc) is 3.03. The smallest absolute Gasteiger partial charge is 0.253 e. The molecule has 1 aliphatic rings. The number of aromatic amines is 1. The Kier molecular flexibility index (Phi) is 5.94. The summed E-state index contributed by atoms with van der Waals surface area (Å²) < 4.78 is 5.42. The fourth-order valence-electron chi connectivity index (χ4n) is 3.17. The predicted octanol–water partition coefficient (Wildman–Crippen LogP) is 2.33. The maximum absolute atomic E-state index is 12.7. The number of carbonyl (C=O) groups excluding carboxylic acids is 2. The minimum absolute atomic E-state index is 0.00622. The largest absolute Gasteiger partial charge is 0.494 e. The van der Waals surface area contributed by atoms with Gasteiger partial charge in [-0.05, 0) is 49.7 Å². The summed E-state index contributed by atoms with van der Waals surface area (Å²) in [5.74, 6) is 0.871. The van der Waals surface area contributed by atoms with E-state index in [0.29, 0.717) is 44.8 Å². The van der Waals surface area contributed by atoms with Gasteiger partial charge in [-0.15, -0.1) is 0 Å². The normalized spacial score (nSPS) is 14.8. The first-order valence-electron chi connectivity index (χ1n) is 9.09. The number of aromatic nitrogens is 1. The molecule has 1 fully saturated rings. The first-order chi connectivity index (χ1) is 12.7. The Hall–Kier alpha value is -2.76. The van der Waals surface area contributed by atoms with E-state index in [1.807, 2.05) is 47.2 Å². The minimum Gasteiger partial charge on any atom is -0.494 e. The van der Waals surface area contributed by atoms with Crippen LogP contribution in [0.4, 0.5) is 0 Å². The Labute approximate surface area is 153 Å². The van der Waals surface area contributed by atoms with Crippen molar-refractivity contribution in [1.29, 1.82) is 0 Å². The predicted molar refractivity (Wildman–Crippen MR) is 99.2 cm³/mol. The lowest BCUT2D eigenvalue weighted by Crippen LogP contribution is -2.38. The average molecular weight is 355 g/mol. The molecule has 6 nitrogen and oxygen atoms in total. The van der Waals surface area contributed by atoms with Gasteiger partial charge in [0.05, 0.1) is 13.0 Å². The number of amides is 2. The van der Waals surface area contributed by atoms with E-state index in [4.69, 9.17) is 4.74 Å². The van der Waals surface area contributed by atoms with Crippen LogP contribution in [-0.4, -0.2) is 59.4 Å². The van der Waals surface area contributed by atoms with Crippen LogP contribution >= 0.6 is 0 Å². The highest BCUT2D eigenvalue weighted by molar-refractivity contribution is 5.94. The first kappa shape index (κ1) is 18.0. The molecule has 138 valence electrons. The van der Waals surface area contributed by atoms with E-state index in [1.165, 1.54) is 0 Å². The number of nitrogens with zero attached hydrogens (tertiary/aromatic N) is 2. The number of nitrogens with one attached hydrogen (secondary N) is 1. The molecule has 0 aliphatic carbocycles. The highest BCUT2D eigenvalue weighted by Gasteiger charge is 2.23. The molecule has 0 bridgehead atoms. The summed E-state index contributed by atoms with van der Waals surface area (Å²) in [5.41, 5.74) is 1.57. The molecule has 2 amide bonds. The highest BCUT2D eigenvalue weighted by Crippen LogP contribution is 2.15. The lowest BCUT2D eigenvalue weighted by atomic mass is 10.2. The number of H-pyrrole nitrogens is 1. The number of benzene rings is 1. The molecule has 26 heavy (non-hydrogen) atoms. The summed E-state index contributed by atoms with van der Waals surface area (Å²) in [6.45, 7) is 5.01. The molecule has 0 atom stereocenters. The third-order valence-corrected chi connectivity index (χ3v) is 4.55. The van der Waals surface area contributed by atoms with Gasteiger partial charge in [0, 0.05) is 43.6 Å². The van der Waals surface area contributed by atoms with Crippen molar-refractivity contribution in [2.45, 2.75) is 19.8 Å². The van der Waals surface area contributed by atoms with E-state index in [1.54, 1.807) is 12.1 Å². The minimum atomic E-state index is 0.00622. The van der Waals surface area contributed by atoms with Gasteiger partial charge in [-0.25, -0.2) is 0 Å². The Morgan fingerprint density at radius 1 is 1.04 bits per heavy atom. The van der Waals surface area contributed by atoms with Crippen molar-refractivity contribution in [2.24, 2.45) is 0 Å². The van der Waals surface area contributed by atoms with Gasteiger partial charge in [0.15, 0.2) is 0 Å². The van der Waals surface area contributed by atoms with Crippen LogP contribution in [0, 0.1) is 0 Å². The van der Waals surface area contributed by atoms with Crippen LogP contribution in [0.2, 0.25) is 0 Å². The van der Waals surface area contributed by atoms with E-state index < -0.39 is 0 Å². The molecule has 2 heterocycles. The van der Waals surface area contributed by atoms with Crippen LogP contribution in [0.15, 0.2) is 42.6 Å². The standard InChI is InChI=1S/C20H25N3O3/c1-2-26-18-8-6-16(7-9-18)20(25)23-12-4-11-22(13-14-23)19(24)15-17-5-3-10-21-17/h3,5-10,21H,2,4,11-15H2,1H3. The molecule has 1 aromatic heterocycles. The van der Waals surface area contributed by atoms with Crippen molar-refractivity contribution in [3.8, 4) is 5.75 Å². The van der Waals surface area contributed by atoms with Crippen LogP contribution in [0.5, 0.6) is 5.75 Å². The molecule has 1 saturated heterocycles. The molecule has 0 unspecified atom stereocenters. The van der Waals surface area contributed by atoms with E-state index >= 15 is 0 Å². The Morgan fingerprint density at radius 2 is 1.77 bits per heavy atom. The summed E-state index contributed by atoms with van der Waals surface area (Å²) in [6, 6.07) is 11.0. The summed E-state index contributed by atoms with van der Waals surface area (Å²) in [6.07, 6.45) is 2.99. The molecule has 3 rings (SSSR count). The topological polar surface area (TPSA) is 65.6 Å². The number of hydrogen-bond donors (Lipinski definition) is 1. The van der Waals surface area contributed by atoms with Crippen molar-refractivity contribution in [2.75, 3.05) is 32.8 Å². The fraction of sp³-hybridized carbons (Fsp3) is 0.400. The van der Waals surface area contributed by atoms with Crippen molar-refractivity contribution in [3.05, 3.63) is 53.9 Å². The zero-order valence-corrected chi connectivity index (χ0v) is 15.1. The fourth-order valence-corrected chi connectivity index (χ4v) is 3.17. The molecule has 2 aromatic rings. The molecule has 6 heteroatoms. The van der Waals surface area contributed by atoms with Gasteiger partial charge in [-0.2, -0.15) is 0 Å². The summed E-state index contributed by atoms with van der Waals surface area (Å²) in [4.78, 5) is 31.9. The first-order valence-corrected chi connectivity index (χ1v) is 9.09. The zero-order valence-electron chi connectivity index (χ0n) is 15.1. The van der Waals surface area contributed by atoms with Crippen molar-refractivity contribution >= 4 is 11.8 Å². The van der Waals surface area contributed by atoms with Crippen molar-refractivity contribution < 1.29 is 14.3 Å². The summed E-state index contributed by atoms with van der Waals surface area (Å²) in [7, 11) is 0. The summed E-state index contributed by atoms with van der Waals surface area (Å²) >= 11 is 0. The van der Waals surface area contributed by atoms with Gasteiger partial charge in [0.25, 0.3) is 5.91 Å². The Bertz CT molecular complexity index is 725. The SMILES string of the molecule is CCOc1ccc(C(=O)N2CCCN(C(=O)Cc3ccc[nH]3)CC2)cc1. The maximum atomic E-state index is 12.7. The molecular formula is C20H25N3O3. The quantitative estimate of drug-likeness (QED) is 0.895. The molecule has 1 N–H and O–H groups in total. The maximum Gasteiger partial charge on any atom is 0.253 e. The number of hydrogen-bond acceptors (Lipinski definition) is 3. The lowest BCUT2D eigenvalue weighted by Gasteiger charge is -2.22. The molecule has 0 spiro atoms.